The summed E-state index contributed by atoms with van der Waals surface area (Å²) in [4.78, 5) is 24.6. The number of hydrogen-bond acceptors (Lipinski definition) is 3. The van der Waals surface area contributed by atoms with Gasteiger partial charge in [-0.1, -0.05) is 37.9 Å². The van der Waals surface area contributed by atoms with E-state index >= 15 is 0 Å². The third kappa shape index (κ3) is 5.31. The fourth-order valence-corrected chi connectivity index (χ4v) is 2.76. The molecule has 132 valence electrons. The molecule has 5 nitrogen and oxygen atoms in total. The molecular formula is C18H18Br2N2O3. The molecule has 2 aromatic rings. The van der Waals surface area contributed by atoms with E-state index in [9.17, 15) is 9.59 Å². The number of aryl methyl sites for hydroxylation is 1. The van der Waals surface area contributed by atoms with Crippen molar-refractivity contribution in [1.82, 2.24) is 10.9 Å². The molecule has 2 aromatic carbocycles. The van der Waals surface area contributed by atoms with Crippen molar-refractivity contribution in [2.75, 3.05) is 0 Å². The fraction of sp³-hybridized carbons (Fsp3) is 0.222. The highest BCUT2D eigenvalue weighted by atomic mass is 79.9. The van der Waals surface area contributed by atoms with Crippen molar-refractivity contribution in [1.29, 1.82) is 0 Å². The second kappa shape index (κ2) is 8.49. The largest absolute Gasteiger partial charge is 0.490 e. The van der Waals surface area contributed by atoms with Gasteiger partial charge in [-0.3, -0.25) is 20.4 Å². The average molecular weight is 470 g/mol. The van der Waals surface area contributed by atoms with E-state index in [4.69, 9.17) is 4.74 Å². The zero-order valence-electron chi connectivity index (χ0n) is 14.0. The second-order valence-corrected chi connectivity index (χ2v) is 7.45. The van der Waals surface area contributed by atoms with Gasteiger partial charge in [0.1, 0.15) is 5.75 Å². The number of hydrazine groups is 1. The molecule has 0 saturated heterocycles. The van der Waals surface area contributed by atoms with Crippen LogP contribution >= 0.6 is 31.9 Å². The molecular weight excluding hydrogens is 452 g/mol. The van der Waals surface area contributed by atoms with Gasteiger partial charge in [0.15, 0.2) is 0 Å². The maximum Gasteiger partial charge on any atom is 0.273 e. The normalized spacial score (nSPS) is 10.5. The topological polar surface area (TPSA) is 67.4 Å². The summed E-state index contributed by atoms with van der Waals surface area (Å²) in [7, 11) is 0. The summed E-state index contributed by atoms with van der Waals surface area (Å²) in [5.41, 5.74) is 6.61. The molecule has 0 heterocycles. The third-order valence-electron chi connectivity index (χ3n) is 3.27. The van der Waals surface area contributed by atoms with Crippen molar-refractivity contribution >= 4 is 43.7 Å². The fourth-order valence-electron chi connectivity index (χ4n) is 2.02. The van der Waals surface area contributed by atoms with Crippen LogP contribution < -0.4 is 15.6 Å². The van der Waals surface area contributed by atoms with Crippen LogP contribution in [0.2, 0.25) is 0 Å². The van der Waals surface area contributed by atoms with Crippen molar-refractivity contribution in [3.05, 3.63) is 62.0 Å². The van der Waals surface area contributed by atoms with Crippen LogP contribution in [-0.4, -0.2) is 17.9 Å². The van der Waals surface area contributed by atoms with E-state index in [1.807, 2.05) is 26.8 Å². The summed E-state index contributed by atoms with van der Waals surface area (Å²) < 4.78 is 7.20. The Hall–Kier alpha value is -1.86. The first-order valence-corrected chi connectivity index (χ1v) is 9.19. The summed E-state index contributed by atoms with van der Waals surface area (Å²) in [6.45, 7) is 5.68. The molecule has 0 aliphatic heterocycles. The van der Waals surface area contributed by atoms with E-state index < -0.39 is 11.8 Å². The molecule has 2 amide bonds. The molecule has 0 aliphatic carbocycles. The molecule has 7 heteroatoms. The van der Waals surface area contributed by atoms with Crippen molar-refractivity contribution in [3.63, 3.8) is 0 Å². The minimum atomic E-state index is -0.462. The maximum atomic E-state index is 12.4. The first-order valence-electron chi connectivity index (χ1n) is 7.61. The van der Waals surface area contributed by atoms with Crippen LogP contribution in [0, 0.1) is 6.92 Å². The van der Waals surface area contributed by atoms with Gasteiger partial charge in [-0.2, -0.15) is 0 Å². The van der Waals surface area contributed by atoms with Crippen LogP contribution in [0.15, 0.2) is 45.3 Å². The lowest BCUT2D eigenvalue weighted by Gasteiger charge is -2.15. The Morgan fingerprint density at radius 3 is 2.32 bits per heavy atom. The predicted octanol–water partition coefficient (Wildman–Crippen LogP) is 4.38. The molecule has 0 radical (unpaired) electrons. The predicted molar refractivity (Wildman–Crippen MR) is 104 cm³/mol. The van der Waals surface area contributed by atoms with Gasteiger partial charge in [0.05, 0.1) is 11.7 Å². The molecule has 0 atom stereocenters. The lowest BCUT2D eigenvalue weighted by molar-refractivity contribution is 0.0843. The van der Waals surface area contributed by atoms with Crippen molar-refractivity contribution in [2.24, 2.45) is 0 Å². The minimum Gasteiger partial charge on any atom is -0.490 e. The van der Waals surface area contributed by atoms with Crippen LogP contribution in [0.4, 0.5) is 0 Å². The van der Waals surface area contributed by atoms with Gasteiger partial charge in [-0.25, -0.2) is 0 Å². The zero-order chi connectivity index (χ0) is 18.6. The minimum absolute atomic E-state index is 0.0766. The number of ether oxygens (including phenoxy) is 1. The van der Waals surface area contributed by atoms with E-state index in [-0.39, 0.29) is 6.10 Å². The molecule has 0 fully saturated rings. The summed E-state index contributed by atoms with van der Waals surface area (Å²) in [5.74, 6) is -0.421. The second-order valence-electron chi connectivity index (χ2n) is 5.68. The van der Waals surface area contributed by atoms with Gasteiger partial charge in [0, 0.05) is 14.5 Å². The van der Waals surface area contributed by atoms with Crippen LogP contribution in [0.1, 0.15) is 40.1 Å². The average Bonchev–Trinajstić information content (AvgIpc) is 2.56. The Kier molecular flexibility index (Phi) is 6.61. The molecule has 25 heavy (non-hydrogen) atoms. The number of hydrogen-bond donors (Lipinski definition) is 2. The Bertz CT molecular complexity index is 807. The third-order valence-corrected chi connectivity index (χ3v) is 4.62. The SMILES string of the molecule is Cc1ccc(C(=O)NNC(=O)c2cc(Br)ccc2OC(C)C)cc1Br. The van der Waals surface area contributed by atoms with Crippen molar-refractivity contribution in [3.8, 4) is 5.75 Å². The Morgan fingerprint density at radius 2 is 1.68 bits per heavy atom. The Labute approximate surface area is 163 Å². The van der Waals surface area contributed by atoms with Crippen LogP contribution in [0.25, 0.3) is 0 Å². The van der Waals surface area contributed by atoms with E-state index in [1.165, 1.54) is 0 Å². The molecule has 0 unspecified atom stereocenters. The number of benzene rings is 2. The Morgan fingerprint density at radius 1 is 1.00 bits per heavy atom. The monoisotopic (exact) mass is 468 g/mol. The van der Waals surface area contributed by atoms with Crippen LogP contribution in [0.5, 0.6) is 5.75 Å². The lowest BCUT2D eigenvalue weighted by atomic mass is 10.1. The number of amides is 2. The summed E-state index contributed by atoms with van der Waals surface area (Å²) in [5, 5.41) is 0. The summed E-state index contributed by atoms with van der Waals surface area (Å²) >= 11 is 6.72. The van der Waals surface area contributed by atoms with E-state index in [0.29, 0.717) is 16.9 Å². The molecule has 0 spiro atoms. The van der Waals surface area contributed by atoms with Crippen molar-refractivity contribution in [2.45, 2.75) is 26.9 Å². The molecule has 0 aliphatic rings. The molecule has 0 saturated carbocycles. The highest BCUT2D eigenvalue weighted by Gasteiger charge is 2.16. The van der Waals surface area contributed by atoms with Crippen molar-refractivity contribution < 1.29 is 14.3 Å². The molecule has 0 bridgehead atoms. The number of rotatable bonds is 4. The number of nitrogens with one attached hydrogen (secondary N) is 2. The first kappa shape index (κ1) is 19.5. The standard InChI is InChI=1S/C18H18Br2N2O3/c1-10(2)25-16-7-6-13(19)9-14(16)18(24)22-21-17(23)12-5-4-11(3)15(20)8-12/h4-10H,1-3H3,(H,21,23)(H,22,24). The van der Waals surface area contributed by atoms with Gasteiger partial charge >= 0.3 is 0 Å². The zero-order valence-corrected chi connectivity index (χ0v) is 17.2. The number of carbonyl (C=O) groups is 2. The van der Waals surface area contributed by atoms with Gasteiger partial charge in [-0.15, -0.1) is 0 Å². The highest BCUT2D eigenvalue weighted by Crippen LogP contribution is 2.24. The van der Waals surface area contributed by atoms with Gasteiger partial charge in [0.25, 0.3) is 11.8 Å². The Balaban J connectivity index is 2.10. The lowest BCUT2D eigenvalue weighted by Crippen LogP contribution is -2.41. The summed E-state index contributed by atoms with van der Waals surface area (Å²) in [6, 6.07) is 10.3. The van der Waals surface area contributed by atoms with Crippen LogP contribution in [0.3, 0.4) is 0 Å². The van der Waals surface area contributed by atoms with Gasteiger partial charge in [-0.05, 0) is 56.7 Å². The van der Waals surface area contributed by atoms with E-state index in [2.05, 4.69) is 42.7 Å². The first-order chi connectivity index (χ1) is 11.8. The number of halogens is 2. The van der Waals surface area contributed by atoms with E-state index in [0.717, 1.165) is 14.5 Å². The molecule has 2 rings (SSSR count). The smallest absolute Gasteiger partial charge is 0.273 e. The molecule has 2 N–H and O–H groups in total. The maximum absolute atomic E-state index is 12.4. The van der Waals surface area contributed by atoms with Gasteiger partial charge in [0.2, 0.25) is 0 Å². The summed E-state index contributed by atoms with van der Waals surface area (Å²) in [6.07, 6.45) is -0.0766. The van der Waals surface area contributed by atoms with E-state index in [1.54, 1.807) is 30.3 Å². The quantitative estimate of drug-likeness (QED) is 0.653. The molecule has 0 aromatic heterocycles. The number of carbonyl (C=O) groups excluding carboxylic acids is 2. The van der Waals surface area contributed by atoms with Crippen LogP contribution in [-0.2, 0) is 0 Å². The van der Waals surface area contributed by atoms with Gasteiger partial charge < -0.3 is 4.74 Å². The highest BCUT2D eigenvalue weighted by molar-refractivity contribution is 9.10.